The van der Waals surface area contributed by atoms with Crippen LogP contribution in [0.15, 0.2) is 36.4 Å². The predicted octanol–water partition coefficient (Wildman–Crippen LogP) is 4.13. The molecule has 18 heavy (non-hydrogen) atoms. The highest BCUT2D eigenvalue weighted by molar-refractivity contribution is 6.36. The van der Waals surface area contributed by atoms with E-state index in [-0.39, 0.29) is 0 Å². The first-order chi connectivity index (χ1) is 8.65. The summed E-state index contributed by atoms with van der Waals surface area (Å²) in [6.07, 6.45) is 0. The Kier molecular flexibility index (Phi) is 4.12. The zero-order chi connectivity index (χ0) is 13.1. The summed E-state index contributed by atoms with van der Waals surface area (Å²) in [6.45, 7) is 0.491. The molecule has 0 radical (unpaired) electrons. The lowest BCUT2D eigenvalue weighted by Crippen LogP contribution is -1.96. The highest BCUT2D eigenvalue weighted by Crippen LogP contribution is 2.38. The quantitative estimate of drug-likeness (QED) is 0.918. The maximum atomic E-state index is 6.12. The standard InChI is InChI=1S/C14H13Cl2NO/c1-18-14-12(6-11(15)7-13(14)16)10-4-2-3-9(5-10)8-17/h2-7H,8,17H2,1H3. The second-order valence-electron chi connectivity index (χ2n) is 3.87. The van der Waals surface area contributed by atoms with Gasteiger partial charge in [-0.1, -0.05) is 41.4 Å². The van der Waals surface area contributed by atoms with Gasteiger partial charge >= 0.3 is 0 Å². The molecule has 2 rings (SSSR count). The van der Waals surface area contributed by atoms with E-state index < -0.39 is 0 Å². The monoisotopic (exact) mass is 281 g/mol. The van der Waals surface area contributed by atoms with E-state index in [1.807, 2.05) is 30.3 Å². The molecule has 0 bridgehead atoms. The van der Waals surface area contributed by atoms with Crippen LogP contribution in [-0.4, -0.2) is 7.11 Å². The van der Waals surface area contributed by atoms with Gasteiger partial charge in [0, 0.05) is 17.1 Å². The van der Waals surface area contributed by atoms with E-state index in [9.17, 15) is 0 Å². The third kappa shape index (κ3) is 2.61. The summed E-state index contributed by atoms with van der Waals surface area (Å²) in [5.74, 6) is 0.621. The summed E-state index contributed by atoms with van der Waals surface area (Å²) in [7, 11) is 1.59. The summed E-state index contributed by atoms with van der Waals surface area (Å²) in [4.78, 5) is 0. The lowest BCUT2D eigenvalue weighted by Gasteiger charge is -2.12. The van der Waals surface area contributed by atoms with Crippen molar-refractivity contribution >= 4 is 23.2 Å². The SMILES string of the molecule is COc1c(Cl)cc(Cl)cc1-c1cccc(CN)c1. The Labute approximate surface area is 116 Å². The topological polar surface area (TPSA) is 35.2 Å². The van der Waals surface area contributed by atoms with Gasteiger partial charge in [0.1, 0.15) is 5.75 Å². The highest BCUT2D eigenvalue weighted by Gasteiger charge is 2.11. The fourth-order valence-corrected chi connectivity index (χ4v) is 2.42. The molecular formula is C14H13Cl2NO. The van der Waals surface area contributed by atoms with Crippen molar-refractivity contribution in [2.75, 3.05) is 7.11 Å². The molecule has 0 unspecified atom stereocenters. The van der Waals surface area contributed by atoms with Gasteiger partial charge in [-0.3, -0.25) is 0 Å². The second-order valence-corrected chi connectivity index (χ2v) is 4.72. The molecule has 0 heterocycles. The van der Waals surface area contributed by atoms with Crippen LogP contribution in [0.1, 0.15) is 5.56 Å². The van der Waals surface area contributed by atoms with Crippen molar-refractivity contribution in [1.82, 2.24) is 0 Å². The molecule has 2 N–H and O–H groups in total. The van der Waals surface area contributed by atoms with Gasteiger partial charge < -0.3 is 10.5 Å². The van der Waals surface area contributed by atoms with E-state index in [1.165, 1.54) is 0 Å². The summed E-state index contributed by atoms with van der Waals surface area (Å²) < 4.78 is 5.34. The maximum Gasteiger partial charge on any atom is 0.145 e. The maximum absolute atomic E-state index is 6.12. The molecule has 0 aliphatic heterocycles. The molecule has 0 atom stereocenters. The van der Waals surface area contributed by atoms with E-state index in [2.05, 4.69) is 0 Å². The smallest absolute Gasteiger partial charge is 0.145 e. The molecule has 0 aliphatic carbocycles. The Morgan fingerprint density at radius 1 is 1.17 bits per heavy atom. The first kappa shape index (κ1) is 13.2. The Bertz CT molecular complexity index is 570. The van der Waals surface area contributed by atoms with Crippen LogP contribution in [0.5, 0.6) is 5.75 Å². The van der Waals surface area contributed by atoms with E-state index in [0.717, 1.165) is 16.7 Å². The van der Waals surface area contributed by atoms with E-state index in [4.69, 9.17) is 33.7 Å². The molecule has 0 fully saturated rings. The largest absolute Gasteiger partial charge is 0.495 e. The minimum atomic E-state index is 0.491. The molecule has 4 heteroatoms. The minimum absolute atomic E-state index is 0.491. The van der Waals surface area contributed by atoms with Gasteiger partial charge in [0.05, 0.1) is 12.1 Å². The number of nitrogens with two attached hydrogens (primary N) is 1. The van der Waals surface area contributed by atoms with Gasteiger partial charge in [0.15, 0.2) is 0 Å². The van der Waals surface area contributed by atoms with Crippen LogP contribution in [0.25, 0.3) is 11.1 Å². The van der Waals surface area contributed by atoms with E-state index in [1.54, 1.807) is 13.2 Å². The molecule has 0 amide bonds. The summed E-state index contributed by atoms with van der Waals surface area (Å²) in [5, 5.41) is 1.08. The molecule has 0 saturated carbocycles. The first-order valence-electron chi connectivity index (χ1n) is 5.48. The summed E-state index contributed by atoms with van der Waals surface area (Å²) in [6, 6.07) is 11.4. The number of rotatable bonds is 3. The normalized spacial score (nSPS) is 10.4. The lowest BCUT2D eigenvalue weighted by molar-refractivity contribution is 0.416. The van der Waals surface area contributed by atoms with Gasteiger partial charge in [-0.05, 0) is 29.3 Å². The second kappa shape index (κ2) is 5.61. The average Bonchev–Trinajstić information content (AvgIpc) is 2.38. The molecular weight excluding hydrogens is 269 g/mol. The van der Waals surface area contributed by atoms with Crippen molar-refractivity contribution in [2.24, 2.45) is 5.73 Å². The van der Waals surface area contributed by atoms with Crippen LogP contribution in [0.2, 0.25) is 10.0 Å². The number of hydrogen-bond donors (Lipinski definition) is 1. The van der Waals surface area contributed by atoms with Crippen LogP contribution in [0, 0.1) is 0 Å². The van der Waals surface area contributed by atoms with Gasteiger partial charge in [0.2, 0.25) is 0 Å². The third-order valence-corrected chi connectivity index (χ3v) is 3.19. The van der Waals surface area contributed by atoms with E-state index >= 15 is 0 Å². The number of halogens is 2. The number of benzene rings is 2. The average molecular weight is 282 g/mol. The highest BCUT2D eigenvalue weighted by atomic mass is 35.5. The van der Waals surface area contributed by atoms with Crippen LogP contribution in [-0.2, 0) is 6.54 Å². The van der Waals surface area contributed by atoms with Gasteiger partial charge in [-0.15, -0.1) is 0 Å². The van der Waals surface area contributed by atoms with Gasteiger partial charge in [-0.2, -0.15) is 0 Å². The van der Waals surface area contributed by atoms with Crippen LogP contribution < -0.4 is 10.5 Å². The Morgan fingerprint density at radius 3 is 2.61 bits per heavy atom. The molecule has 0 spiro atoms. The number of methoxy groups -OCH3 is 1. The number of hydrogen-bond acceptors (Lipinski definition) is 2. The van der Waals surface area contributed by atoms with Crippen LogP contribution in [0.3, 0.4) is 0 Å². The Hall–Kier alpha value is -1.22. The molecule has 0 aromatic heterocycles. The molecule has 2 nitrogen and oxygen atoms in total. The zero-order valence-electron chi connectivity index (χ0n) is 9.91. The van der Waals surface area contributed by atoms with Crippen molar-refractivity contribution in [2.45, 2.75) is 6.54 Å². The fourth-order valence-electron chi connectivity index (χ4n) is 1.85. The summed E-state index contributed by atoms with van der Waals surface area (Å²) >= 11 is 12.2. The fraction of sp³-hybridized carbons (Fsp3) is 0.143. The molecule has 2 aromatic carbocycles. The first-order valence-corrected chi connectivity index (χ1v) is 6.23. The van der Waals surface area contributed by atoms with Crippen LogP contribution in [0.4, 0.5) is 0 Å². The summed E-state index contributed by atoms with van der Waals surface area (Å²) in [5.41, 5.74) is 8.54. The molecule has 2 aromatic rings. The third-order valence-electron chi connectivity index (χ3n) is 2.69. The molecule has 0 aliphatic rings. The predicted molar refractivity (Wildman–Crippen MR) is 76.3 cm³/mol. The van der Waals surface area contributed by atoms with Crippen LogP contribution >= 0.6 is 23.2 Å². The Balaban J connectivity index is 2.61. The van der Waals surface area contributed by atoms with Crippen molar-refractivity contribution in [1.29, 1.82) is 0 Å². The van der Waals surface area contributed by atoms with Crippen molar-refractivity contribution < 1.29 is 4.74 Å². The van der Waals surface area contributed by atoms with Gasteiger partial charge in [-0.25, -0.2) is 0 Å². The molecule has 94 valence electrons. The van der Waals surface area contributed by atoms with Gasteiger partial charge in [0.25, 0.3) is 0 Å². The Morgan fingerprint density at radius 2 is 1.94 bits per heavy atom. The lowest BCUT2D eigenvalue weighted by atomic mass is 10.0. The zero-order valence-corrected chi connectivity index (χ0v) is 11.4. The van der Waals surface area contributed by atoms with Crippen molar-refractivity contribution in [3.05, 3.63) is 52.0 Å². The van der Waals surface area contributed by atoms with Crippen molar-refractivity contribution in [3.8, 4) is 16.9 Å². The minimum Gasteiger partial charge on any atom is -0.495 e. The number of ether oxygens (including phenoxy) is 1. The van der Waals surface area contributed by atoms with Crippen molar-refractivity contribution in [3.63, 3.8) is 0 Å². The van der Waals surface area contributed by atoms with E-state index in [0.29, 0.717) is 22.3 Å². The molecule has 0 saturated heterocycles.